The van der Waals surface area contributed by atoms with E-state index in [0.717, 1.165) is 5.69 Å². The maximum absolute atomic E-state index is 13.4. The van der Waals surface area contributed by atoms with Crippen LogP contribution in [0.4, 0.5) is 5.69 Å². The largest absolute Gasteiger partial charge is 0.494 e. The second-order valence-electron chi connectivity index (χ2n) is 7.87. The molecule has 2 aromatic carbocycles. The van der Waals surface area contributed by atoms with Crippen LogP contribution in [-0.2, 0) is 9.59 Å². The van der Waals surface area contributed by atoms with Crippen molar-refractivity contribution in [2.45, 2.75) is 20.8 Å². The molecule has 2 N–H and O–H groups in total. The Morgan fingerprint density at radius 1 is 1.11 bits per heavy atom. The Labute approximate surface area is 207 Å². The second-order valence-corrected chi connectivity index (χ2v) is 8.26. The van der Waals surface area contributed by atoms with Gasteiger partial charge in [0.25, 0.3) is 11.8 Å². The van der Waals surface area contributed by atoms with Gasteiger partial charge in [-0.1, -0.05) is 12.1 Å². The van der Waals surface area contributed by atoms with Crippen LogP contribution in [0.2, 0.25) is 0 Å². The zero-order valence-corrected chi connectivity index (χ0v) is 20.2. The quantitative estimate of drug-likeness (QED) is 0.308. The van der Waals surface area contributed by atoms with Gasteiger partial charge in [-0.15, -0.1) is 0 Å². The fourth-order valence-corrected chi connectivity index (χ4v) is 4.34. The molecule has 4 rings (SSSR count). The van der Waals surface area contributed by atoms with E-state index in [9.17, 15) is 19.5 Å². The van der Waals surface area contributed by atoms with Crippen LogP contribution in [0, 0.1) is 13.8 Å². The van der Waals surface area contributed by atoms with Gasteiger partial charge in [0, 0.05) is 11.4 Å². The molecule has 0 unspecified atom stereocenters. The van der Waals surface area contributed by atoms with Gasteiger partial charge in [0.1, 0.15) is 11.3 Å². The van der Waals surface area contributed by atoms with E-state index in [-0.39, 0.29) is 16.2 Å². The van der Waals surface area contributed by atoms with Gasteiger partial charge >= 0.3 is 5.97 Å². The molecule has 1 aliphatic rings. The SMILES string of the molecule is CCOc1ccc(N2C(=O)/C(=C/c3cc(C)n(-c4ccccc4C(=O)O)c3C)C(=O)NC2=S)cc1. The Morgan fingerprint density at radius 2 is 1.80 bits per heavy atom. The van der Waals surface area contributed by atoms with E-state index in [4.69, 9.17) is 17.0 Å². The zero-order chi connectivity index (χ0) is 25.3. The molecular weight excluding hydrogens is 466 g/mol. The third-order valence-corrected chi connectivity index (χ3v) is 5.94. The molecule has 1 aliphatic heterocycles. The van der Waals surface area contributed by atoms with Gasteiger partial charge in [0.05, 0.1) is 23.5 Å². The number of hydrogen-bond acceptors (Lipinski definition) is 5. The van der Waals surface area contributed by atoms with Gasteiger partial charge in [0.2, 0.25) is 0 Å². The Balaban J connectivity index is 1.75. The van der Waals surface area contributed by atoms with Crippen molar-refractivity contribution in [3.63, 3.8) is 0 Å². The number of nitrogens with zero attached hydrogens (tertiary/aromatic N) is 2. The lowest BCUT2D eigenvalue weighted by molar-refractivity contribution is -0.122. The summed E-state index contributed by atoms with van der Waals surface area (Å²) in [5.41, 5.74) is 3.11. The summed E-state index contributed by atoms with van der Waals surface area (Å²) in [4.78, 5) is 39.1. The number of aromatic carboxylic acids is 1. The topological polar surface area (TPSA) is 101 Å². The molecule has 0 radical (unpaired) electrons. The highest BCUT2D eigenvalue weighted by atomic mass is 32.1. The number of hydrogen-bond donors (Lipinski definition) is 2. The Morgan fingerprint density at radius 3 is 2.46 bits per heavy atom. The lowest BCUT2D eigenvalue weighted by Gasteiger charge is -2.29. The predicted octanol–water partition coefficient (Wildman–Crippen LogP) is 4.02. The molecule has 0 saturated carbocycles. The first-order valence-electron chi connectivity index (χ1n) is 10.9. The van der Waals surface area contributed by atoms with Crippen molar-refractivity contribution >= 4 is 46.9 Å². The fourth-order valence-electron chi connectivity index (χ4n) is 4.06. The first-order valence-corrected chi connectivity index (χ1v) is 11.3. The molecule has 0 aliphatic carbocycles. The van der Waals surface area contributed by atoms with E-state index in [1.54, 1.807) is 60.0 Å². The molecular formula is C26H23N3O5S. The van der Waals surface area contributed by atoms with Crippen molar-refractivity contribution in [3.8, 4) is 11.4 Å². The summed E-state index contributed by atoms with van der Waals surface area (Å²) in [6.07, 6.45) is 1.50. The summed E-state index contributed by atoms with van der Waals surface area (Å²) >= 11 is 5.27. The van der Waals surface area contributed by atoms with Gasteiger partial charge in [0.15, 0.2) is 5.11 Å². The van der Waals surface area contributed by atoms with Gasteiger partial charge in [-0.3, -0.25) is 19.8 Å². The smallest absolute Gasteiger partial charge is 0.337 e. The number of carbonyl (C=O) groups is 3. The Bertz CT molecular complexity index is 1390. The minimum Gasteiger partial charge on any atom is -0.494 e. The number of amides is 2. The highest BCUT2D eigenvalue weighted by Gasteiger charge is 2.34. The molecule has 0 bridgehead atoms. The molecule has 1 aromatic heterocycles. The molecule has 1 fully saturated rings. The number of aryl methyl sites for hydroxylation is 1. The summed E-state index contributed by atoms with van der Waals surface area (Å²) in [6, 6.07) is 15.3. The average molecular weight is 490 g/mol. The normalized spacial score (nSPS) is 14.9. The Kier molecular flexibility index (Phi) is 6.52. The van der Waals surface area contributed by atoms with Crippen LogP contribution >= 0.6 is 12.2 Å². The molecule has 8 nitrogen and oxygen atoms in total. The monoisotopic (exact) mass is 489 g/mol. The van der Waals surface area contributed by atoms with Crippen molar-refractivity contribution in [2.24, 2.45) is 0 Å². The molecule has 2 heterocycles. The van der Waals surface area contributed by atoms with Crippen LogP contribution in [-0.4, -0.2) is 39.2 Å². The molecule has 3 aromatic rings. The number of benzene rings is 2. The third-order valence-electron chi connectivity index (χ3n) is 5.65. The van der Waals surface area contributed by atoms with Crippen molar-refractivity contribution < 1.29 is 24.2 Å². The molecule has 178 valence electrons. The number of ether oxygens (including phenoxy) is 1. The lowest BCUT2D eigenvalue weighted by Crippen LogP contribution is -2.54. The summed E-state index contributed by atoms with van der Waals surface area (Å²) in [5, 5.41) is 12.2. The standard InChI is InChI=1S/C26H23N3O5S/c1-4-34-19-11-9-18(10-12-19)29-24(31)21(23(30)27-26(29)35)14-17-13-15(2)28(16(17)3)22-8-6-5-7-20(22)25(32)33/h5-14H,4H2,1-3H3,(H,32,33)(H,27,30,35)/b21-14+. The number of para-hydroxylation sites is 1. The predicted molar refractivity (Wildman–Crippen MR) is 136 cm³/mol. The number of carboxylic acid groups (broad SMARTS) is 1. The van der Waals surface area contributed by atoms with Crippen LogP contribution in [0.15, 0.2) is 60.2 Å². The molecule has 0 atom stereocenters. The maximum atomic E-state index is 13.4. The van der Waals surface area contributed by atoms with E-state index >= 15 is 0 Å². The molecule has 1 saturated heterocycles. The zero-order valence-electron chi connectivity index (χ0n) is 19.4. The molecule has 0 spiro atoms. The first kappa shape index (κ1) is 23.9. The number of aromatic nitrogens is 1. The van der Waals surface area contributed by atoms with E-state index in [1.807, 2.05) is 13.8 Å². The van der Waals surface area contributed by atoms with Gasteiger partial charge in [-0.25, -0.2) is 4.79 Å². The number of thiocarbonyl (C=S) groups is 1. The average Bonchev–Trinajstić information content (AvgIpc) is 3.10. The minimum absolute atomic E-state index is 0.0119. The van der Waals surface area contributed by atoms with Crippen LogP contribution < -0.4 is 15.0 Å². The third kappa shape index (κ3) is 4.45. The number of nitrogens with one attached hydrogen (secondary N) is 1. The van der Waals surface area contributed by atoms with Gasteiger partial charge in [-0.2, -0.15) is 0 Å². The van der Waals surface area contributed by atoms with Crippen molar-refractivity contribution in [1.82, 2.24) is 9.88 Å². The number of carbonyl (C=O) groups excluding carboxylic acids is 2. The summed E-state index contributed by atoms with van der Waals surface area (Å²) < 4.78 is 7.24. The van der Waals surface area contributed by atoms with Crippen molar-refractivity contribution in [1.29, 1.82) is 0 Å². The lowest BCUT2D eigenvalue weighted by atomic mass is 10.1. The van der Waals surface area contributed by atoms with Crippen LogP contribution in [0.25, 0.3) is 11.8 Å². The van der Waals surface area contributed by atoms with Crippen LogP contribution in [0.5, 0.6) is 5.75 Å². The molecule has 9 heteroatoms. The Hall–Kier alpha value is -4.24. The summed E-state index contributed by atoms with van der Waals surface area (Å²) in [7, 11) is 0. The van der Waals surface area contributed by atoms with Crippen molar-refractivity contribution in [2.75, 3.05) is 11.5 Å². The van der Waals surface area contributed by atoms with E-state index in [1.165, 1.54) is 17.0 Å². The van der Waals surface area contributed by atoms with E-state index in [0.29, 0.717) is 35.0 Å². The maximum Gasteiger partial charge on any atom is 0.337 e. The minimum atomic E-state index is -1.05. The molecule has 35 heavy (non-hydrogen) atoms. The second kappa shape index (κ2) is 9.55. The number of carboxylic acids is 1. The van der Waals surface area contributed by atoms with E-state index in [2.05, 4.69) is 5.32 Å². The summed E-state index contributed by atoms with van der Waals surface area (Å²) in [6.45, 7) is 6.02. The van der Waals surface area contributed by atoms with Gasteiger partial charge < -0.3 is 14.4 Å². The highest BCUT2D eigenvalue weighted by molar-refractivity contribution is 7.80. The van der Waals surface area contributed by atoms with Gasteiger partial charge in [-0.05, 0) is 87.1 Å². The highest BCUT2D eigenvalue weighted by Crippen LogP contribution is 2.28. The number of anilines is 1. The van der Waals surface area contributed by atoms with Crippen molar-refractivity contribution in [3.05, 3.63) is 82.7 Å². The molecule has 2 amide bonds. The summed E-state index contributed by atoms with van der Waals surface area (Å²) in [5.74, 6) is -1.55. The first-order chi connectivity index (χ1) is 16.7. The van der Waals surface area contributed by atoms with Crippen LogP contribution in [0.1, 0.15) is 34.2 Å². The number of rotatable bonds is 6. The fraction of sp³-hybridized carbons (Fsp3) is 0.154. The van der Waals surface area contributed by atoms with Crippen LogP contribution in [0.3, 0.4) is 0 Å². The van der Waals surface area contributed by atoms with E-state index < -0.39 is 17.8 Å².